The number of quaternary nitrogens is 1. The quantitative estimate of drug-likeness (QED) is 0.456. The number of hydrogen-bond donors (Lipinski definition) is 1. The molecule has 1 N–H and O–H groups in total. The minimum atomic E-state index is -1.03. The number of nitrogens with zero attached hydrogens (tertiary/aromatic N) is 2. The van der Waals surface area contributed by atoms with Crippen molar-refractivity contribution in [3.05, 3.63) is 35.9 Å². The van der Waals surface area contributed by atoms with Crippen LogP contribution >= 0.6 is 0 Å². The van der Waals surface area contributed by atoms with E-state index in [1.54, 1.807) is 0 Å². The molecule has 0 atom stereocenters. The maximum atomic E-state index is 10.5. The van der Waals surface area contributed by atoms with Gasteiger partial charge < -0.3 is 41.4 Å². The topological polar surface area (TPSA) is 63.6 Å². The van der Waals surface area contributed by atoms with E-state index in [4.69, 9.17) is 5.11 Å². The second-order valence-electron chi connectivity index (χ2n) is 7.03. The van der Waals surface area contributed by atoms with Crippen molar-refractivity contribution in [2.75, 3.05) is 39.3 Å². The molecule has 1 rings (SSSR count). The highest BCUT2D eigenvalue weighted by Gasteiger charge is 2.22. The van der Waals surface area contributed by atoms with Crippen LogP contribution < -0.4 is 22.1 Å². The molecule has 0 fully saturated rings. The molecule has 0 aliphatic rings. The number of benzene rings is 1. The first-order chi connectivity index (χ1) is 13.0. The molecule has 0 radical (unpaired) electrons. The van der Waals surface area contributed by atoms with E-state index in [0.717, 1.165) is 56.3 Å². The number of rotatable bonds is 12. The van der Waals surface area contributed by atoms with Gasteiger partial charge in [-0.2, -0.15) is 0 Å². The molecule has 0 heterocycles. The van der Waals surface area contributed by atoms with Crippen LogP contribution in [-0.4, -0.2) is 59.9 Å². The first-order valence-corrected chi connectivity index (χ1v) is 10.4. The summed E-state index contributed by atoms with van der Waals surface area (Å²) < 4.78 is 0.973. The lowest BCUT2D eigenvalue weighted by Gasteiger charge is -2.36. The Morgan fingerprint density at radius 1 is 1.00 bits per heavy atom. The standard InChI is InChI=1S/C13H22NO.C9H19NO2.BrH/c1-3-14(4-2,10-11-15)12-13-8-6-5-7-9-13;1-3-5-7-10(9(11)12)8-6-4-2;/h5-9,15H,3-4,10-12H2,1-2H3;3-8H2,1-2H3,(H,11,12);1H/q+1;;/p-2. The number of unbranched alkanes of at least 4 members (excludes halogenated alkanes) is 2. The van der Waals surface area contributed by atoms with Crippen molar-refractivity contribution in [1.29, 1.82) is 0 Å². The third kappa shape index (κ3) is 12.4. The predicted molar refractivity (Wildman–Crippen MR) is 110 cm³/mol. The molecule has 0 aliphatic heterocycles. The predicted octanol–water partition coefficient (Wildman–Crippen LogP) is 0.271. The molecule has 1 amide bonds. The Bertz CT molecular complexity index is 474. The number of carbonyl (C=O) groups excluding carboxylic acids is 1. The van der Waals surface area contributed by atoms with E-state index in [9.17, 15) is 9.90 Å². The lowest BCUT2D eigenvalue weighted by atomic mass is 10.2. The van der Waals surface area contributed by atoms with Gasteiger partial charge in [0.15, 0.2) is 0 Å². The van der Waals surface area contributed by atoms with Gasteiger partial charge in [-0.15, -0.1) is 0 Å². The zero-order valence-corrected chi connectivity index (χ0v) is 19.8. The molecule has 1 aromatic rings. The van der Waals surface area contributed by atoms with Gasteiger partial charge in [-0.05, 0) is 26.7 Å². The first kappa shape index (κ1) is 29.1. The minimum absolute atomic E-state index is 0. The van der Waals surface area contributed by atoms with Gasteiger partial charge in [-0.1, -0.05) is 57.0 Å². The van der Waals surface area contributed by atoms with Crippen LogP contribution in [0.4, 0.5) is 4.79 Å². The summed E-state index contributed by atoms with van der Waals surface area (Å²) in [6.45, 7) is 14.0. The number of amides is 1. The number of carboxylic acid groups (broad SMARTS) is 1. The Morgan fingerprint density at radius 2 is 1.50 bits per heavy atom. The van der Waals surface area contributed by atoms with Crippen molar-refractivity contribution in [2.45, 2.75) is 59.9 Å². The van der Waals surface area contributed by atoms with E-state index in [-0.39, 0.29) is 23.6 Å². The molecule has 0 spiro atoms. The van der Waals surface area contributed by atoms with Crippen molar-refractivity contribution in [1.82, 2.24) is 4.90 Å². The molecule has 28 heavy (non-hydrogen) atoms. The molecular weight excluding hydrogens is 420 g/mol. The Hall–Kier alpha value is -1.11. The van der Waals surface area contributed by atoms with Crippen LogP contribution in [0.25, 0.3) is 0 Å². The summed E-state index contributed by atoms with van der Waals surface area (Å²) in [5, 5.41) is 19.7. The van der Waals surface area contributed by atoms with Crippen molar-refractivity contribution >= 4 is 6.09 Å². The monoisotopic (exact) mass is 459 g/mol. The summed E-state index contributed by atoms with van der Waals surface area (Å²) in [6, 6.07) is 10.5. The lowest BCUT2D eigenvalue weighted by molar-refractivity contribution is -0.938. The molecule has 0 saturated heterocycles. The van der Waals surface area contributed by atoms with E-state index in [2.05, 4.69) is 38.1 Å². The van der Waals surface area contributed by atoms with E-state index in [1.807, 2.05) is 19.9 Å². The summed E-state index contributed by atoms with van der Waals surface area (Å²) >= 11 is 0. The Balaban J connectivity index is 0. The van der Waals surface area contributed by atoms with Gasteiger partial charge in [0.25, 0.3) is 0 Å². The van der Waals surface area contributed by atoms with Crippen LogP contribution in [0.15, 0.2) is 30.3 Å². The molecule has 6 heteroatoms. The van der Waals surface area contributed by atoms with Crippen molar-refractivity contribution in [3.8, 4) is 0 Å². The highest BCUT2D eigenvalue weighted by atomic mass is 79.9. The smallest absolute Gasteiger partial charge is 0.136 e. The van der Waals surface area contributed by atoms with Gasteiger partial charge in [0, 0.05) is 18.7 Å². The van der Waals surface area contributed by atoms with Gasteiger partial charge in [0.1, 0.15) is 19.2 Å². The van der Waals surface area contributed by atoms with Crippen LogP contribution in [0.5, 0.6) is 0 Å². The average molecular weight is 460 g/mol. The van der Waals surface area contributed by atoms with E-state index < -0.39 is 6.09 Å². The summed E-state index contributed by atoms with van der Waals surface area (Å²) in [5.74, 6) is 0. The SMILES string of the molecule is CCCCN(CCCC)C(=O)[O-].CC[N+](CC)(CCO)Cc1ccccc1.[Br-]. The van der Waals surface area contributed by atoms with Crippen LogP contribution in [0.2, 0.25) is 0 Å². The number of aliphatic hydroxyl groups excluding tert-OH is 1. The maximum absolute atomic E-state index is 10.5. The molecular formula is C22H40BrN2O3-. The molecule has 0 unspecified atom stereocenters. The van der Waals surface area contributed by atoms with Gasteiger partial charge in [0.2, 0.25) is 0 Å². The Kier molecular flexibility index (Phi) is 18.7. The lowest BCUT2D eigenvalue weighted by Crippen LogP contribution is -3.00. The maximum Gasteiger partial charge on any atom is 0.136 e. The van der Waals surface area contributed by atoms with Crippen LogP contribution in [0.3, 0.4) is 0 Å². The highest BCUT2D eigenvalue weighted by molar-refractivity contribution is 5.62. The van der Waals surface area contributed by atoms with Gasteiger partial charge in [0.05, 0.1) is 19.7 Å². The summed E-state index contributed by atoms with van der Waals surface area (Å²) in [7, 11) is 0. The fourth-order valence-electron chi connectivity index (χ4n) is 3.02. The van der Waals surface area contributed by atoms with Crippen LogP contribution in [0, 0.1) is 0 Å². The average Bonchev–Trinajstić information content (AvgIpc) is 2.68. The third-order valence-electron chi connectivity index (χ3n) is 5.10. The highest BCUT2D eigenvalue weighted by Crippen LogP contribution is 2.13. The molecule has 0 aromatic heterocycles. The zero-order valence-electron chi connectivity index (χ0n) is 18.2. The second kappa shape index (κ2) is 18.0. The van der Waals surface area contributed by atoms with Crippen LogP contribution in [0.1, 0.15) is 58.9 Å². The fourth-order valence-corrected chi connectivity index (χ4v) is 3.02. The normalized spacial score (nSPS) is 10.5. The summed E-state index contributed by atoms with van der Waals surface area (Å²) in [4.78, 5) is 11.9. The van der Waals surface area contributed by atoms with Gasteiger partial charge in [-0.3, -0.25) is 0 Å². The second-order valence-corrected chi connectivity index (χ2v) is 7.03. The van der Waals surface area contributed by atoms with E-state index in [1.165, 1.54) is 10.5 Å². The van der Waals surface area contributed by atoms with Gasteiger partial charge >= 0.3 is 0 Å². The van der Waals surface area contributed by atoms with Crippen molar-refractivity contribution in [3.63, 3.8) is 0 Å². The molecule has 1 aromatic carbocycles. The summed E-state index contributed by atoms with van der Waals surface area (Å²) in [5.41, 5.74) is 1.36. The third-order valence-corrected chi connectivity index (χ3v) is 5.10. The summed E-state index contributed by atoms with van der Waals surface area (Å²) in [6.07, 6.45) is 2.87. The largest absolute Gasteiger partial charge is 1.00 e. The zero-order chi connectivity index (χ0) is 20.5. The molecule has 0 bridgehead atoms. The number of aliphatic hydroxyl groups is 1. The molecule has 0 saturated carbocycles. The molecule has 0 aliphatic carbocycles. The number of halogens is 1. The number of hydrogen-bond acceptors (Lipinski definition) is 3. The van der Waals surface area contributed by atoms with Crippen LogP contribution in [-0.2, 0) is 6.54 Å². The number of carbonyl (C=O) groups is 1. The molecule has 164 valence electrons. The van der Waals surface area contributed by atoms with E-state index in [0.29, 0.717) is 13.1 Å². The van der Waals surface area contributed by atoms with Crippen molar-refractivity contribution in [2.24, 2.45) is 0 Å². The Labute approximate surface area is 182 Å². The first-order valence-electron chi connectivity index (χ1n) is 10.4. The van der Waals surface area contributed by atoms with Gasteiger partial charge in [-0.25, -0.2) is 0 Å². The Morgan fingerprint density at radius 3 is 1.86 bits per heavy atom. The minimum Gasteiger partial charge on any atom is -1.00 e. The van der Waals surface area contributed by atoms with E-state index >= 15 is 0 Å². The fraction of sp³-hybridized carbons (Fsp3) is 0.682. The number of likely N-dealkylation sites (N-methyl/N-ethyl adjacent to an activating group) is 1. The molecule has 5 nitrogen and oxygen atoms in total. The van der Waals surface area contributed by atoms with Crippen molar-refractivity contribution < 1.29 is 36.5 Å².